The van der Waals surface area contributed by atoms with Gasteiger partial charge in [-0.1, -0.05) is 12.1 Å². The maximum Gasteiger partial charge on any atom is 0.193 e. The number of methoxy groups -OCH3 is 1. The molecule has 28 heavy (non-hydrogen) atoms. The Kier molecular flexibility index (Phi) is 10.1. The Morgan fingerprint density at radius 1 is 1.25 bits per heavy atom. The van der Waals surface area contributed by atoms with E-state index in [1.807, 2.05) is 50.1 Å². The molecule has 0 aliphatic rings. The van der Waals surface area contributed by atoms with E-state index in [9.17, 15) is 0 Å². The van der Waals surface area contributed by atoms with Gasteiger partial charge in [-0.05, 0) is 38.1 Å². The Labute approximate surface area is 184 Å². The summed E-state index contributed by atoms with van der Waals surface area (Å²) in [7, 11) is 5.42. The molecule has 1 unspecified atom stereocenters. The van der Waals surface area contributed by atoms with E-state index < -0.39 is 0 Å². The maximum absolute atomic E-state index is 5.79. The first-order valence-corrected chi connectivity index (χ1v) is 9.07. The van der Waals surface area contributed by atoms with E-state index in [-0.39, 0.29) is 29.9 Å². The highest BCUT2D eigenvalue weighted by Gasteiger charge is 2.17. The van der Waals surface area contributed by atoms with Gasteiger partial charge in [-0.3, -0.25) is 4.99 Å². The van der Waals surface area contributed by atoms with Gasteiger partial charge in [0.1, 0.15) is 23.9 Å². The lowest BCUT2D eigenvalue weighted by atomic mass is 10.00. The third-order valence-corrected chi connectivity index (χ3v) is 4.48. The molecule has 0 radical (unpaired) electrons. The first-order chi connectivity index (χ1) is 13.0. The summed E-state index contributed by atoms with van der Waals surface area (Å²) in [5.41, 5.74) is 2.10. The second-order valence-electron chi connectivity index (χ2n) is 6.51. The van der Waals surface area contributed by atoms with E-state index in [1.54, 1.807) is 14.2 Å². The van der Waals surface area contributed by atoms with Gasteiger partial charge in [0.25, 0.3) is 0 Å². The molecule has 1 aromatic carbocycles. The zero-order valence-corrected chi connectivity index (χ0v) is 19.8. The van der Waals surface area contributed by atoms with Crippen molar-refractivity contribution in [3.8, 4) is 11.5 Å². The minimum atomic E-state index is 0. The van der Waals surface area contributed by atoms with Crippen LogP contribution in [0.3, 0.4) is 0 Å². The van der Waals surface area contributed by atoms with Crippen LogP contribution in [0, 0.1) is 13.8 Å². The molecule has 2 rings (SSSR count). The predicted octanol–water partition coefficient (Wildman–Crippen LogP) is 3.61. The summed E-state index contributed by atoms with van der Waals surface area (Å²) < 4.78 is 16.2. The average molecular weight is 502 g/mol. The molecule has 0 amide bonds. The molecule has 0 saturated heterocycles. The minimum Gasteiger partial charge on any atom is -0.497 e. The Hall–Kier alpha value is -1.97. The second-order valence-corrected chi connectivity index (χ2v) is 6.51. The van der Waals surface area contributed by atoms with Crippen molar-refractivity contribution in [2.24, 2.45) is 4.99 Å². The molecule has 8 heteroatoms. The molecule has 7 nitrogen and oxygen atoms in total. The van der Waals surface area contributed by atoms with Crippen LogP contribution in [0.4, 0.5) is 0 Å². The number of guanidine groups is 1. The number of aromatic nitrogens is 1. The average Bonchev–Trinajstić information content (AvgIpc) is 3.01. The smallest absolute Gasteiger partial charge is 0.193 e. The normalized spacial score (nSPS) is 12.1. The van der Waals surface area contributed by atoms with E-state index >= 15 is 0 Å². The molecule has 1 aromatic heterocycles. The van der Waals surface area contributed by atoms with Crippen LogP contribution in [0.2, 0.25) is 0 Å². The fourth-order valence-corrected chi connectivity index (χ4v) is 3.00. The van der Waals surface area contributed by atoms with Gasteiger partial charge < -0.3 is 24.2 Å². The lowest BCUT2D eigenvalue weighted by molar-refractivity contribution is 0.281. The van der Waals surface area contributed by atoms with E-state index in [1.165, 1.54) is 0 Å². The fourth-order valence-electron chi connectivity index (χ4n) is 3.00. The number of aliphatic imine (C=N–C) groups is 1. The van der Waals surface area contributed by atoms with Crippen LogP contribution in [0.5, 0.6) is 11.5 Å². The van der Waals surface area contributed by atoms with E-state index in [0.717, 1.165) is 41.0 Å². The highest BCUT2D eigenvalue weighted by atomic mass is 127. The van der Waals surface area contributed by atoms with Crippen molar-refractivity contribution < 1.29 is 14.0 Å². The predicted molar refractivity (Wildman–Crippen MR) is 122 cm³/mol. The minimum absolute atomic E-state index is 0. The van der Waals surface area contributed by atoms with Crippen molar-refractivity contribution in [3.63, 3.8) is 0 Å². The lowest BCUT2D eigenvalue weighted by Crippen LogP contribution is -2.42. The summed E-state index contributed by atoms with van der Waals surface area (Å²) in [5, 5.41) is 7.44. The van der Waals surface area contributed by atoms with E-state index in [0.29, 0.717) is 13.2 Å². The van der Waals surface area contributed by atoms with Gasteiger partial charge in [0.05, 0.1) is 19.3 Å². The molecule has 1 N–H and O–H groups in total. The molecule has 0 bridgehead atoms. The van der Waals surface area contributed by atoms with Crippen LogP contribution in [-0.4, -0.2) is 56.9 Å². The van der Waals surface area contributed by atoms with Crippen LogP contribution in [0.25, 0.3) is 0 Å². The Morgan fingerprint density at radius 3 is 2.43 bits per heavy atom. The molecule has 0 aliphatic heterocycles. The highest BCUT2D eigenvalue weighted by Crippen LogP contribution is 2.22. The van der Waals surface area contributed by atoms with Crippen LogP contribution in [0.15, 0.2) is 33.8 Å². The standard InChI is InChI=1S/C20H30N4O3.HI/c1-14(19-15(2)23-27-16(19)3)13-22-20(21-4)24(5)11-12-26-18-9-7-17(25-6)8-10-18;/h7-10,14H,11-13H2,1-6H3,(H,21,22);1H. The summed E-state index contributed by atoms with van der Waals surface area (Å²) >= 11 is 0. The Balaban J connectivity index is 0.00000392. The molecule has 0 aliphatic carbocycles. The van der Waals surface area contributed by atoms with E-state index in [4.69, 9.17) is 14.0 Å². The van der Waals surface area contributed by atoms with Crippen LogP contribution in [0.1, 0.15) is 29.9 Å². The SMILES string of the molecule is CN=C(NCC(C)c1c(C)noc1C)N(C)CCOc1ccc(OC)cc1.I. The van der Waals surface area contributed by atoms with Crippen molar-refractivity contribution in [1.29, 1.82) is 0 Å². The fraction of sp³-hybridized carbons (Fsp3) is 0.500. The summed E-state index contributed by atoms with van der Waals surface area (Å²) in [4.78, 5) is 6.40. The van der Waals surface area contributed by atoms with Crippen molar-refractivity contribution in [3.05, 3.63) is 41.3 Å². The first-order valence-electron chi connectivity index (χ1n) is 9.07. The van der Waals surface area contributed by atoms with Gasteiger partial charge in [0, 0.05) is 32.1 Å². The van der Waals surface area contributed by atoms with Gasteiger partial charge in [0.2, 0.25) is 0 Å². The van der Waals surface area contributed by atoms with Gasteiger partial charge in [-0.15, -0.1) is 24.0 Å². The Bertz CT molecular complexity index is 727. The van der Waals surface area contributed by atoms with Crippen molar-refractivity contribution in [1.82, 2.24) is 15.4 Å². The number of nitrogens with one attached hydrogen (secondary N) is 1. The second kappa shape index (κ2) is 11.8. The molecular weight excluding hydrogens is 471 g/mol. The molecule has 1 atom stereocenters. The van der Waals surface area contributed by atoms with Crippen LogP contribution < -0.4 is 14.8 Å². The third-order valence-electron chi connectivity index (χ3n) is 4.48. The van der Waals surface area contributed by atoms with Crippen LogP contribution >= 0.6 is 24.0 Å². The molecule has 156 valence electrons. The van der Waals surface area contributed by atoms with Crippen molar-refractivity contribution >= 4 is 29.9 Å². The summed E-state index contributed by atoms with van der Waals surface area (Å²) in [5.74, 6) is 3.61. The molecule has 2 aromatic rings. The monoisotopic (exact) mass is 502 g/mol. The molecule has 0 fully saturated rings. The lowest BCUT2D eigenvalue weighted by Gasteiger charge is -2.23. The van der Waals surface area contributed by atoms with Crippen molar-refractivity contribution in [2.45, 2.75) is 26.7 Å². The zero-order chi connectivity index (χ0) is 19.8. The number of likely N-dealkylation sites (N-methyl/N-ethyl adjacent to an activating group) is 1. The van der Waals surface area contributed by atoms with Gasteiger partial charge in [0.15, 0.2) is 5.96 Å². The molecular formula is C20H31IN4O3. The number of hydrogen-bond acceptors (Lipinski definition) is 5. The van der Waals surface area contributed by atoms with Gasteiger partial charge >= 0.3 is 0 Å². The van der Waals surface area contributed by atoms with E-state index in [2.05, 4.69) is 22.4 Å². The van der Waals surface area contributed by atoms with Crippen LogP contribution in [-0.2, 0) is 0 Å². The number of aryl methyl sites for hydroxylation is 2. The topological polar surface area (TPSA) is 72.1 Å². The summed E-state index contributed by atoms with van der Waals surface area (Å²) in [6.45, 7) is 8.09. The zero-order valence-electron chi connectivity index (χ0n) is 17.5. The quantitative estimate of drug-likeness (QED) is 0.338. The number of ether oxygens (including phenoxy) is 2. The number of hydrogen-bond donors (Lipinski definition) is 1. The largest absolute Gasteiger partial charge is 0.497 e. The highest BCUT2D eigenvalue weighted by molar-refractivity contribution is 14.0. The van der Waals surface area contributed by atoms with Gasteiger partial charge in [-0.25, -0.2) is 0 Å². The molecule has 1 heterocycles. The summed E-state index contributed by atoms with van der Waals surface area (Å²) in [6, 6.07) is 7.57. The first kappa shape index (κ1) is 24.1. The number of benzene rings is 1. The number of nitrogens with zero attached hydrogens (tertiary/aromatic N) is 3. The molecule has 0 spiro atoms. The Morgan fingerprint density at radius 2 is 1.89 bits per heavy atom. The van der Waals surface area contributed by atoms with Gasteiger partial charge in [-0.2, -0.15) is 0 Å². The number of halogens is 1. The third kappa shape index (κ3) is 6.57. The van der Waals surface area contributed by atoms with Crippen molar-refractivity contribution in [2.75, 3.05) is 40.9 Å². The molecule has 0 saturated carbocycles. The number of rotatable bonds is 8. The summed E-state index contributed by atoms with van der Waals surface area (Å²) in [6.07, 6.45) is 0. The maximum atomic E-state index is 5.79.